The summed E-state index contributed by atoms with van der Waals surface area (Å²) in [4.78, 5) is 3.59. The highest BCUT2D eigenvalue weighted by Crippen LogP contribution is 2.25. The summed E-state index contributed by atoms with van der Waals surface area (Å²) >= 11 is 0. The van der Waals surface area contributed by atoms with E-state index < -0.39 is 24.9 Å². The number of nitrogens with zero attached hydrogens (tertiary/aromatic N) is 1. The lowest BCUT2D eigenvalue weighted by atomic mass is 11.6. The van der Waals surface area contributed by atoms with Gasteiger partial charge in [-0.05, 0) is 20.1 Å². The third-order valence-electron chi connectivity index (χ3n) is 2.51. The highest BCUT2D eigenvalue weighted by molar-refractivity contribution is 7.03. The maximum absolute atomic E-state index is 3.59. The quantitative estimate of drug-likeness (QED) is 0.770. The molecule has 14 heavy (non-hydrogen) atoms. The first-order valence-corrected chi connectivity index (χ1v) is 15.3. The molecule has 0 aromatic heterocycles. The molecule has 0 radical (unpaired) electrons. The Labute approximate surface area is 93.4 Å². The van der Waals surface area contributed by atoms with Crippen molar-refractivity contribution in [1.29, 1.82) is 0 Å². The summed E-state index contributed by atoms with van der Waals surface area (Å²) in [5.41, 5.74) is 0. The van der Waals surface area contributed by atoms with Crippen LogP contribution in [0.15, 0.2) is 0 Å². The maximum atomic E-state index is 3.59. The summed E-state index contributed by atoms with van der Waals surface area (Å²) in [7, 11) is -1.61. The van der Waals surface area contributed by atoms with E-state index in [0.717, 1.165) is 0 Å². The van der Waals surface area contributed by atoms with E-state index >= 15 is 0 Å². The van der Waals surface area contributed by atoms with Crippen molar-refractivity contribution in [2.45, 2.75) is 52.4 Å². The van der Waals surface area contributed by atoms with Crippen molar-refractivity contribution >= 4 is 24.9 Å². The molecular formula is C9H28N2Si3. The smallest absolute Gasteiger partial charge is 0.184 e. The van der Waals surface area contributed by atoms with Gasteiger partial charge in [0.15, 0.2) is 8.40 Å². The van der Waals surface area contributed by atoms with Crippen molar-refractivity contribution < 1.29 is 0 Å². The van der Waals surface area contributed by atoms with Crippen LogP contribution in [0.1, 0.15) is 0 Å². The molecule has 0 unspecified atom stereocenters. The normalized spacial score (nSPS) is 15.0. The molecule has 0 aliphatic rings. The molecule has 0 bridgehead atoms. The summed E-state index contributed by atoms with van der Waals surface area (Å²) in [6, 6.07) is 0. The Bertz CT molecular complexity index is 177. The minimum absolute atomic E-state index is 1.18. The van der Waals surface area contributed by atoms with Crippen LogP contribution in [0.4, 0.5) is 0 Å². The van der Waals surface area contributed by atoms with Crippen LogP contribution < -0.4 is 4.98 Å². The molecule has 0 saturated carbocycles. The Morgan fingerprint density at radius 3 is 1.07 bits per heavy atom. The Kier molecular flexibility index (Phi) is 4.38. The molecule has 0 amide bonds. The van der Waals surface area contributed by atoms with Crippen LogP contribution in [0, 0.1) is 0 Å². The van der Waals surface area contributed by atoms with E-state index in [1.165, 1.54) is 0 Å². The fraction of sp³-hybridized carbons (Fsp3) is 1.00. The van der Waals surface area contributed by atoms with Crippen molar-refractivity contribution in [3.63, 3.8) is 0 Å². The van der Waals surface area contributed by atoms with Crippen molar-refractivity contribution in [3.8, 4) is 0 Å². The minimum atomic E-state index is -1.37. The maximum Gasteiger partial charge on any atom is 0.184 e. The summed E-state index contributed by atoms with van der Waals surface area (Å²) in [6.45, 7) is 19.7. The van der Waals surface area contributed by atoms with E-state index in [1.54, 1.807) is 0 Å². The Morgan fingerprint density at radius 2 is 1.00 bits per heavy atom. The molecule has 0 saturated heterocycles. The fourth-order valence-corrected chi connectivity index (χ4v) is 25.2. The van der Waals surface area contributed by atoms with Gasteiger partial charge in [0.25, 0.3) is 0 Å². The van der Waals surface area contributed by atoms with Gasteiger partial charge < -0.3 is 8.88 Å². The summed E-state index contributed by atoms with van der Waals surface area (Å²) in [6.07, 6.45) is 0. The van der Waals surface area contributed by atoms with E-state index in [9.17, 15) is 0 Å². The number of nitrogens with one attached hydrogen (secondary N) is 1. The van der Waals surface area contributed by atoms with Crippen molar-refractivity contribution in [1.82, 2.24) is 8.88 Å². The number of hydrogen-bond acceptors (Lipinski definition) is 2. The van der Waals surface area contributed by atoms with Gasteiger partial charge in [0.05, 0.1) is 0 Å². The third kappa shape index (κ3) is 3.62. The van der Waals surface area contributed by atoms with Crippen LogP contribution in [-0.2, 0) is 0 Å². The molecule has 0 aromatic carbocycles. The second kappa shape index (κ2) is 4.21. The van der Waals surface area contributed by atoms with Crippen molar-refractivity contribution in [2.75, 3.05) is 7.05 Å². The Hall–Kier alpha value is 0.571. The second-order valence-electron chi connectivity index (χ2n) is 6.49. The van der Waals surface area contributed by atoms with Gasteiger partial charge in [-0.15, -0.1) is 0 Å². The standard InChI is InChI=1S/C9H28N2Si3/c1-10-14(8,9)11(12(2,3)4)13(5,6)7/h10H,1-9H3. The molecule has 0 aliphatic carbocycles. The van der Waals surface area contributed by atoms with Crippen LogP contribution in [0.2, 0.25) is 52.4 Å². The average Bonchev–Trinajstić information content (AvgIpc) is 1.79. The van der Waals surface area contributed by atoms with Crippen LogP contribution in [0.3, 0.4) is 0 Å². The Balaban J connectivity index is 5.14. The number of rotatable bonds is 4. The van der Waals surface area contributed by atoms with E-state index in [1.807, 2.05) is 0 Å². The van der Waals surface area contributed by atoms with Crippen LogP contribution in [-0.4, -0.2) is 35.8 Å². The van der Waals surface area contributed by atoms with Gasteiger partial charge in [0, 0.05) is 0 Å². The topological polar surface area (TPSA) is 15.3 Å². The van der Waals surface area contributed by atoms with Crippen LogP contribution >= 0.6 is 0 Å². The molecule has 0 rings (SSSR count). The largest absolute Gasteiger partial charge is 0.357 e. The van der Waals surface area contributed by atoms with E-state index in [4.69, 9.17) is 0 Å². The second-order valence-corrected chi connectivity index (χ2v) is 21.5. The van der Waals surface area contributed by atoms with Gasteiger partial charge in [-0.1, -0.05) is 39.3 Å². The Morgan fingerprint density at radius 1 is 0.714 bits per heavy atom. The van der Waals surface area contributed by atoms with Crippen molar-refractivity contribution in [2.24, 2.45) is 0 Å². The molecule has 0 fully saturated rings. The molecule has 0 aromatic rings. The predicted molar refractivity (Wildman–Crippen MR) is 75.1 cm³/mol. The van der Waals surface area contributed by atoms with Crippen LogP contribution in [0.25, 0.3) is 0 Å². The van der Waals surface area contributed by atoms with E-state index in [2.05, 4.69) is 68.3 Å². The van der Waals surface area contributed by atoms with Crippen molar-refractivity contribution in [3.05, 3.63) is 0 Å². The highest BCUT2D eigenvalue weighted by atomic mass is 28.5. The molecule has 2 nitrogen and oxygen atoms in total. The molecule has 0 atom stereocenters. The summed E-state index contributed by atoms with van der Waals surface area (Å²) in [5.74, 6) is 0. The van der Waals surface area contributed by atoms with Crippen LogP contribution in [0.5, 0.6) is 0 Å². The SMILES string of the molecule is CN[Si](C)(C)N([Si](C)(C)C)[Si](C)(C)C. The minimum Gasteiger partial charge on any atom is -0.357 e. The molecule has 0 spiro atoms. The third-order valence-corrected chi connectivity index (χ3v) is 18.9. The zero-order valence-electron chi connectivity index (χ0n) is 11.4. The molecule has 0 aliphatic heterocycles. The fourth-order valence-electron chi connectivity index (χ4n) is 2.80. The molecular weight excluding hydrogens is 220 g/mol. The average molecular weight is 249 g/mol. The van der Waals surface area contributed by atoms with E-state index in [-0.39, 0.29) is 0 Å². The van der Waals surface area contributed by atoms with Gasteiger partial charge in [0.1, 0.15) is 16.5 Å². The zero-order valence-corrected chi connectivity index (χ0v) is 14.4. The first kappa shape index (κ1) is 14.6. The first-order chi connectivity index (χ1) is 5.93. The van der Waals surface area contributed by atoms with Gasteiger partial charge in [-0.2, -0.15) is 0 Å². The molecule has 5 heteroatoms. The summed E-state index contributed by atoms with van der Waals surface area (Å²) < 4.78 is 2.92. The lowest BCUT2D eigenvalue weighted by Gasteiger charge is -2.52. The molecule has 86 valence electrons. The molecule has 1 N–H and O–H groups in total. The zero-order chi connectivity index (χ0) is 11.8. The van der Waals surface area contributed by atoms with Gasteiger partial charge >= 0.3 is 0 Å². The van der Waals surface area contributed by atoms with Gasteiger partial charge in [-0.3, -0.25) is 0 Å². The lowest BCUT2D eigenvalue weighted by molar-refractivity contribution is 0.846. The van der Waals surface area contributed by atoms with Gasteiger partial charge in [0.2, 0.25) is 0 Å². The highest BCUT2D eigenvalue weighted by Gasteiger charge is 2.44. The first-order valence-electron chi connectivity index (χ1n) is 5.42. The van der Waals surface area contributed by atoms with E-state index in [0.29, 0.717) is 0 Å². The monoisotopic (exact) mass is 248 g/mol. The lowest BCUT2D eigenvalue weighted by Crippen LogP contribution is -2.74. The summed E-state index contributed by atoms with van der Waals surface area (Å²) in [5, 5.41) is 0. The predicted octanol–water partition coefficient (Wildman–Crippen LogP) is 2.88. The van der Waals surface area contributed by atoms with Gasteiger partial charge in [-0.25, -0.2) is 0 Å². The number of hydrogen-bond donors (Lipinski definition) is 1. The molecule has 0 heterocycles.